The third kappa shape index (κ3) is 7.00. The van der Waals surface area contributed by atoms with Crippen molar-refractivity contribution < 1.29 is 0 Å². The van der Waals surface area contributed by atoms with Gasteiger partial charge >= 0.3 is 0 Å². The SMILES string of the molecule is CCCCCC(C=C(Cl)Cl)CC. The van der Waals surface area contributed by atoms with Crippen molar-refractivity contribution >= 4 is 23.2 Å². The molecule has 0 spiro atoms. The number of hydrogen-bond acceptors (Lipinski definition) is 0. The summed E-state index contributed by atoms with van der Waals surface area (Å²) in [5.41, 5.74) is 0. The second kappa shape index (κ2) is 7.94. The molecule has 12 heavy (non-hydrogen) atoms. The Morgan fingerprint density at radius 3 is 2.33 bits per heavy atom. The van der Waals surface area contributed by atoms with Crippen molar-refractivity contribution in [3.05, 3.63) is 10.6 Å². The van der Waals surface area contributed by atoms with E-state index < -0.39 is 0 Å². The molecule has 0 N–H and O–H groups in total. The van der Waals surface area contributed by atoms with Gasteiger partial charge in [0.05, 0.1) is 0 Å². The van der Waals surface area contributed by atoms with Crippen LogP contribution in [-0.4, -0.2) is 0 Å². The normalized spacial score (nSPS) is 12.7. The molecule has 0 bridgehead atoms. The van der Waals surface area contributed by atoms with Crippen LogP contribution in [0.25, 0.3) is 0 Å². The van der Waals surface area contributed by atoms with Crippen molar-refractivity contribution in [2.45, 2.75) is 46.0 Å². The molecule has 0 aliphatic carbocycles. The van der Waals surface area contributed by atoms with Crippen molar-refractivity contribution in [3.8, 4) is 0 Å². The van der Waals surface area contributed by atoms with Gasteiger partial charge in [-0.05, 0) is 18.8 Å². The van der Waals surface area contributed by atoms with Gasteiger partial charge < -0.3 is 0 Å². The molecule has 0 aliphatic heterocycles. The van der Waals surface area contributed by atoms with E-state index >= 15 is 0 Å². The summed E-state index contributed by atoms with van der Waals surface area (Å²) < 4.78 is 0.415. The number of hydrogen-bond donors (Lipinski definition) is 0. The molecule has 1 atom stereocenters. The van der Waals surface area contributed by atoms with Gasteiger partial charge in [0.1, 0.15) is 4.49 Å². The minimum Gasteiger partial charge on any atom is -0.0712 e. The van der Waals surface area contributed by atoms with Crippen LogP contribution in [0.5, 0.6) is 0 Å². The predicted molar refractivity (Wildman–Crippen MR) is 57.7 cm³/mol. The van der Waals surface area contributed by atoms with Gasteiger partial charge in [-0.25, -0.2) is 0 Å². The molecule has 0 fully saturated rings. The van der Waals surface area contributed by atoms with E-state index in [1.54, 1.807) is 0 Å². The highest BCUT2D eigenvalue weighted by molar-refractivity contribution is 6.55. The van der Waals surface area contributed by atoms with E-state index in [1.807, 2.05) is 6.08 Å². The minimum atomic E-state index is 0.415. The fourth-order valence-electron chi connectivity index (χ4n) is 1.24. The molecule has 0 aromatic carbocycles. The van der Waals surface area contributed by atoms with Gasteiger partial charge in [0.25, 0.3) is 0 Å². The Hall–Kier alpha value is 0.320. The van der Waals surface area contributed by atoms with Crippen LogP contribution in [-0.2, 0) is 0 Å². The van der Waals surface area contributed by atoms with Crippen LogP contribution in [0.4, 0.5) is 0 Å². The van der Waals surface area contributed by atoms with Crippen molar-refractivity contribution in [2.75, 3.05) is 0 Å². The average Bonchev–Trinajstić information content (AvgIpc) is 2.02. The maximum Gasteiger partial charge on any atom is 0.103 e. The fraction of sp³-hybridized carbons (Fsp3) is 0.800. The third-order valence-corrected chi connectivity index (χ3v) is 2.32. The van der Waals surface area contributed by atoms with Crippen LogP contribution in [0.2, 0.25) is 0 Å². The standard InChI is InChI=1S/C10H18Cl2/c1-3-5-6-7-9(4-2)8-10(11)12/h8-9H,3-7H2,1-2H3. The Morgan fingerprint density at radius 2 is 1.92 bits per heavy atom. The van der Waals surface area contributed by atoms with E-state index in [1.165, 1.54) is 25.7 Å². The molecule has 0 rings (SSSR count). The second-order valence-corrected chi connectivity index (χ2v) is 4.13. The molecule has 2 heteroatoms. The van der Waals surface area contributed by atoms with E-state index in [0.29, 0.717) is 10.4 Å². The van der Waals surface area contributed by atoms with Gasteiger partial charge in [0.15, 0.2) is 0 Å². The fourth-order valence-corrected chi connectivity index (χ4v) is 1.60. The van der Waals surface area contributed by atoms with Gasteiger partial charge in [0.2, 0.25) is 0 Å². The highest BCUT2D eigenvalue weighted by Gasteiger charge is 2.02. The summed E-state index contributed by atoms with van der Waals surface area (Å²) in [6.07, 6.45) is 8.17. The maximum atomic E-state index is 5.59. The quantitative estimate of drug-likeness (QED) is 0.545. The zero-order valence-electron chi connectivity index (χ0n) is 7.95. The molecule has 0 nitrogen and oxygen atoms in total. The summed E-state index contributed by atoms with van der Waals surface area (Å²) in [4.78, 5) is 0. The summed E-state index contributed by atoms with van der Waals surface area (Å²) in [6.45, 7) is 4.38. The zero-order valence-corrected chi connectivity index (χ0v) is 9.46. The summed E-state index contributed by atoms with van der Waals surface area (Å²) in [7, 11) is 0. The number of unbranched alkanes of at least 4 members (excludes halogenated alkanes) is 2. The first-order valence-corrected chi connectivity index (χ1v) is 5.49. The smallest absolute Gasteiger partial charge is 0.0712 e. The Balaban J connectivity index is 3.61. The highest BCUT2D eigenvalue weighted by Crippen LogP contribution is 2.19. The van der Waals surface area contributed by atoms with Gasteiger partial charge in [-0.2, -0.15) is 0 Å². The van der Waals surface area contributed by atoms with Crippen molar-refractivity contribution in [1.29, 1.82) is 0 Å². The van der Waals surface area contributed by atoms with Crippen LogP contribution < -0.4 is 0 Å². The summed E-state index contributed by atoms with van der Waals surface area (Å²) >= 11 is 11.2. The van der Waals surface area contributed by atoms with Crippen molar-refractivity contribution in [2.24, 2.45) is 5.92 Å². The van der Waals surface area contributed by atoms with E-state index in [4.69, 9.17) is 23.2 Å². The molecule has 72 valence electrons. The van der Waals surface area contributed by atoms with Gasteiger partial charge in [-0.1, -0.05) is 62.4 Å². The lowest BCUT2D eigenvalue weighted by Gasteiger charge is -2.08. The molecule has 0 saturated carbocycles. The number of halogens is 2. The lowest BCUT2D eigenvalue weighted by atomic mass is 9.99. The van der Waals surface area contributed by atoms with Crippen LogP contribution >= 0.6 is 23.2 Å². The van der Waals surface area contributed by atoms with E-state index in [0.717, 1.165) is 6.42 Å². The molecule has 1 unspecified atom stereocenters. The maximum absolute atomic E-state index is 5.59. The molecule has 0 saturated heterocycles. The molecular formula is C10H18Cl2. The van der Waals surface area contributed by atoms with Crippen LogP contribution in [0, 0.1) is 5.92 Å². The first-order chi connectivity index (χ1) is 5.70. The first kappa shape index (κ1) is 12.3. The third-order valence-electron chi connectivity index (χ3n) is 2.06. The Labute approximate surface area is 85.9 Å². The van der Waals surface area contributed by atoms with Crippen molar-refractivity contribution in [1.82, 2.24) is 0 Å². The lowest BCUT2D eigenvalue weighted by Crippen LogP contribution is -1.94. The highest BCUT2D eigenvalue weighted by atomic mass is 35.5. The monoisotopic (exact) mass is 208 g/mol. The molecule has 0 aliphatic rings. The van der Waals surface area contributed by atoms with E-state index in [9.17, 15) is 0 Å². The molecule has 0 heterocycles. The van der Waals surface area contributed by atoms with Gasteiger partial charge in [-0.15, -0.1) is 0 Å². The van der Waals surface area contributed by atoms with Gasteiger partial charge in [-0.3, -0.25) is 0 Å². The van der Waals surface area contributed by atoms with Crippen molar-refractivity contribution in [3.63, 3.8) is 0 Å². The summed E-state index contributed by atoms with van der Waals surface area (Å²) in [5, 5.41) is 0. The minimum absolute atomic E-state index is 0.415. The Kier molecular flexibility index (Phi) is 8.15. The van der Waals surface area contributed by atoms with E-state index in [-0.39, 0.29) is 0 Å². The summed E-state index contributed by atoms with van der Waals surface area (Å²) in [6, 6.07) is 0. The van der Waals surface area contributed by atoms with Crippen LogP contribution in [0.15, 0.2) is 10.6 Å². The summed E-state index contributed by atoms with van der Waals surface area (Å²) in [5.74, 6) is 0.571. The van der Waals surface area contributed by atoms with Crippen LogP contribution in [0.3, 0.4) is 0 Å². The second-order valence-electron chi connectivity index (χ2n) is 3.12. The largest absolute Gasteiger partial charge is 0.103 e. The Bertz CT molecular complexity index is 126. The topological polar surface area (TPSA) is 0 Å². The van der Waals surface area contributed by atoms with E-state index in [2.05, 4.69) is 13.8 Å². The zero-order chi connectivity index (χ0) is 9.40. The molecule has 0 aromatic heterocycles. The first-order valence-electron chi connectivity index (χ1n) is 4.73. The number of rotatable bonds is 6. The van der Waals surface area contributed by atoms with Crippen LogP contribution in [0.1, 0.15) is 46.0 Å². The Morgan fingerprint density at radius 1 is 1.25 bits per heavy atom. The van der Waals surface area contributed by atoms with Gasteiger partial charge in [0, 0.05) is 0 Å². The molecule has 0 amide bonds. The lowest BCUT2D eigenvalue weighted by molar-refractivity contribution is 0.527. The molecule has 0 aromatic rings. The predicted octanol–water partition coefficient (Wildman–Crippen LogP) is 4.91. The number of allylic oxidation sites excluding steroid dienone is 1. The molecular weight excluding hydrogens is 191 g/mol. The average molecular weight is 209 g/mol. The molecule has 0 radical (unpaired) electrons.